The quantitative estimate of drug-likeness (QED) is 0.139. The molecule has 36 heavy (non-hydrogen) atoms. The van der Waals surface area contributed by atoms with Crippen molar-refractivity contribution in [2.75, 3.05) is 11.5 Å². The summed E-state index contributed by atoms with van der Waals surface area (Å²) in [4.78, 5) is 13.4. The molecule has 0 saturated heterocycles. The maximum absolute atomic E-state index is 11.2. The van der Waals surface area contributed by atoms with E-state index < -0.39 is 0 Å². The van der Waals surface area contributed by atoms with Gasteiger partial charge in [-0.05, 0) is 66.9 Å². The molecule has 0 N–H and O–H groups in total. The highest BCUT2D eigenvalue weighted by Crippen LogP contribution is 2.34. The molecule has 0 atom stereocenters. The van der Waals surface area contributed by atoms with E-state index in [0.717, 1.165) is 33.8 Å². The topological polar surface area (TPSA) is 29.5 Å². The third-order valence-electron chi connectivity index (χ3n) is 5.99. The molecule has 0 fully saturated rings. The van der Waals surface area contributed by atoms with Gasteiger partial charge in [0.25, 0.3) is 0 Å². The van der Waals surface area contributed by atoms with Gasteiger partial charge in [0.1, 0.15) is 0 Å². The summed E-state index contributed by atoms with van der Waals surface area (Å²) in [7, 11) is 0. The van der Waals surface area contributed by atoms with Crippen molar-refractivity contribution < 1.29 is 9.53 Å². The van der Waals surface area contributed by atoms with Gasteiger partial charge in [-0.2, -0.15) is 0 Å². The third kappa shape index (κ3) is 6.61. The van der Waals surface area contributed by atoms with Crippen LogP contribution in [-0.2, 0) is 16.0 Å². The Morgan fingerprint density at radius 3 is 1.56 bits per heavy atom. The summed E-state index contributed by atoms with van der Waals surface area (Å²) in [6.07, 6.45) is 6.09. The van der Waals surface area contributed by atoms with Crippen LogP contribution >= 0.6 is 0 Å². The van der Waals surface area contributed by atoms with E-state index in [1.807, 2.05) is 0 Å². The van der Waals surface area contributed by atoms with Crippen LogP contribution in [0, 0.1) is 13.8 Å². The van der Waals surface area contributed by atoms with Crippen LogP contribution in [0.4, 0.5) is 17.1 Å². The molecule has 0 aromatic heterocycles. The molecular formula is C33H31NO2. The fourth-order valence-corrected chi connectivity index (χ4v) is 3.89. The second kappa shape index (κ2) is 11.9. The van der Waals surface area contributed by atoms with E-state index in [-0.39, 0.29) is 5.97 Å². The summed E-state index contributed by atoms with van der Waals surface area (Å²) >= 11 is 0. The van der Waals surface area contributed by atoms with Gasteiger partial charge in [0.15, 0.2) is 0 Å². The third-order valence-corrected chi connectivity index (χ3v) is 5.99. The maximum Gasteiger partial charge on any atom is 0.330 e. The van der Waals surface area contributed by atoms with E-state index in [0.29, 0.717) is 13.0 Å². The van der Waals surface area contributed by atoms with E-state index in [2.05, 4.69) is 135 Å². The van der Waals surface area contributed by atoms with E-state index in [1.165, 1.54) is 17.2 Å². The first kappa shape index (κ1) is 24.7. The zero-order valence-electron chi connectivity index (χ0n) is 20.9. The van der Waals surface area contributed by atoms with Crippen LogP contribution in [0.1, 0.15) is 27.8 Å². The lowest BCUT2D eigenvalue weighted by Gasteiger charge is -2.25. The summed E-state index contributed by atoms with van der Waals surface area (Å²) in [5.41, 5.74) is 9.24. The zero-order valence-corrected chi connectivity index (χ0v) is 20.9. The van der Waals surface area contributed by atoms with E-state index in [4.69, 9.17) is 4.74 Å². The van der Waals surface area contributed by atoms with Gasteiger partial charge in [0, 0.05) is 29.6 Å². The Kier molecular flexibility index (Phi) is 8.15. The molecule has 0 heterocycles. The second-order valence-corrected chi connectivity index (χ2v) is 8.79. The molecule has 0 saturated carbocycles. The van der Waals surface area contributed by atoms with Crippen molar-refractivity contribution in [2.45, 2.75) is 20.3 Å². The number of carbonyl (C=O) groups is 1. The SMILES string of the molecule is C=CC(=O)OCCc1ccc(C=Cc2ccc(N(c3ccc(C)cc3)c3ccc(C)cc3)cc2)cc1. The molecule has 0 aliphatic heterocycles. The molecule has 0 radical (unpaired) electrons. The maximum atomic E-state index is 11.2. The van der Waals surface area contributed by atoms with Crippen molar-refractivity contribution in [2.24, 2.45) is 0 Å². The van der Waals surface area contributed by atoms with Crippen molar-refractivity contribution in [1.82, 2.24) is 0 Å². The lowest BCUT2D eigenvalue weighted by molar-refractivity contribution is -0.137. The molecule has 0 unspecified atom stereocenters. The van der Waals surface area contributed by atoms with Gasteiger partial charge in [-0.1, -0.05) is 90.5 Å². The number of hydrogen-bond donors (Lipinski definition) is 0. The predicted molar refractivity (Wildman–Crippen MR) is 151 cm³/mol. The molecule has 0 amide bonds. The van der Waals surface area contributed by atoms with Crippen molar-refractivity contribution in [3.63, 3.8) is 0 Å². The minimum atomic E-state index is -0.388. The molecule has 0 aliphatic carbocycles. The number of hydrogen-bond acceptors (Lipinski definition) is 3. The second-order valence-electron chi connectivity index (χ2n) is 8.79. The van der Waals surface area contributed by atoms with Crippen molar-refractivity contribution in [1.29, 1.82) is 0 Å². The standard InChI is InChI=1S/C33H31NO2/c1-4-33(35)36-24-23-29-13-11-27(12-14-29)9-10-28-15-21-32(22-16-28)34(30-17-5-25(2)6-18-30)31-19-7-26(3)8-20-31/h4-22H,1,23-24H2,2-3H3. The summed E-state index contributed by atoms with van der Waals surface area (Å²) < 4.78 is 5.05. The van der Waals surface area contributed by atoms with Gasteiger partial charge in [0.2, 0.25) is 0 Å². The van der Waals surface area contributed by atoms with Gasteiger partial charge in [-0.15, -0.1) is 0 Å². The van der Waals surface area contributed by atoms with Gasteiger partial charge in [-0.25, -0.2) is 4.79 Å². The van der Waals surface area contributed by atoms with Crippen molar-refractivity contribution in [3.8, 4) is 0 Å². The summed E-state index contributed by atoms with van der Waals surface area (Å²) in [6, 6.07) is 34.1. The van der Waals surface area contributed by atoms with Gasteiger partial charge < -0.3 is 9.64 Å². The molecule has 4 aromatic rings. The Labute approximate surface area is 214 Å². The lowest BCUT2D eigenvalue weighted by atomic mass is 10.1. The Balaban J connectivity index is 1.47. The van der Waals surface area contributed by atoms with Gasteiger partial charge in [0.05, 0.1) is 6.61 Å². The van der Waals surface area contributed by atoms with Crippen LogP contribution in [0.25, 0.3) is 12.2 Å². The first-order valence-corrected chi connectivity index (χ1v) is 12.1. The van der Waals surface area contributed by atoms with Crippen LogP contribution in [0.5, 0.6) is 0 Å². The number of esters is 1. The Morgan fingerprint density at radius 1 is 0.694 bits per heavy atom. The fourth-order valence-electron chi connectivity index (χ4n) is 3.89. The highest BCUT2D eigenvalue weighted by Gasteiger charge is 2.12. The Morgan fingerprint density at radius 2 is 1.11 bits per heavy atom. The fraction of sp³-hybridized carbons (Fsp3) is 0.121. The molecular weight excluding hydrogens is 442 g/mol. The van der Waals surface area contributed by atoms with Gasteiger partial charge in [-0.3, -0.25) is 0 Å². The summed E-state index contributed by atoms with van der Waals surface area (Å²) in [5, 5.41) is 0. The first-order valence-electron chi connectivity index (χ1n) is 12.1. The van der Waals surface area contributed by atoms with Crippen LogP contribution in [0.15, 0.2) is 110 Å². The zero-order chi connectivity index (χ0) is 25.3. The van der Waals surface area contributed by atoms with Crippen LogP contribution in [-0.4, -0.2) is 12.6 Å². The molecule has 4 rings (SSSR count). The Hall–Kier alpha value is -4.37. The number of nitrogens with zero attached hydrogens (tertiary/aromatic N) is 1. The average Bonchev–Trinajstić information content (AvgIpc) is 2.91. The summed E-state index contributed by atoms with van der Waals surface area (Å²) in [6.45, 7) is 7.97. The van der Waals surface area contributed by atoms with E-state index >= 15 is 0 Å². The predicted octanol–water partition coefficient (Wildman–Crippen LogP) is 8.22. The molecule has 0 aliphatic rings. The highest BCUT2D eigenvalue weighted by atomic mass is 16.5. The number of ether oxygens (including phenoxy) is 1. The molecule has 4 aromatic carbocycles. The van der Waals surface area contributed by atoms with Crippen molar-refractivity contribution in [3.05, 3.63) is 138 Å². The molecule has 3 heteroatoms. The van der Waals surface area contributed by atoms with Crippen molar-refractivity contribution >= 4 is 35.2 Å². The molecule has 0 bridgehead atoms. The number of anilines is 3. The monoisotopic (exact) mass is 473 g/mol. The largest absolute Gasteiger partial charge is 0.462 e. The van der Waals surface area contributed by atoms with Gasteiger partial charge >= 0.3 is 5.97 Å². The van der Waals surface area contributed by atoms with Crippen LogP contribution < -0.4 is 4.90 Å². The lowest BCUT2D eigenvalue weighted by Crippen LogP contribution is -2.09. The number of rotatable bonds is 9. The van der Waals surface area contributed by atoms with Crippen LogP contribution in [0.2, 0.25) is 0 Å². The Bertz CT molecular complexity index is 1270. The molecule has 3 nitrogen and oxygen atoms in total. The highest BCUT2D eigenvalue weighted by molar-refractivity contribution is 5.81. The van der Waals surface area contributed by atoms with E-state index in [1.54, 1.807) is 0 Å². The van der Waals surface area contributed by atoms with E-state index in [9.17, 15) is 4.79 Å². The smallest absolute Gasteiger partial charge is 0.330 e. The van der Waals surface area contributed by atoms with Crippen LogP contribution in [0.3, 0.4) is 0 Å². The number of carbonyl (C=O) groups excluding carboxylic acids is 1. The number of aryl methyl sites for hydroxylation is 2. The summed E-state index contributed by atoms with van der Waals surface area (Å²) in [5.74, 6) is -0.388. The minimum absolute atomic E-state index is 0.356. The molecule has 0 spiro atoms. The molecule has 180 valence electrons. The first-order chi connectivity index (χ1) is 17.5. The normalized spacial score (nSPS) is 10.8. The number of benzene rings is 4. The minimum Gasteiger partial charge on any atom is -0.462 e. The average molecular weight is 474 g/mol.